The average molecular weight is 352 g/mol. The molecule has 0 fully saturated rings. The molecule has 5 nitrogen and oxygen atoms in total. The lowest BCUT2D eigenvalue weighted by Gasteiger charge is -2.09. The summed E-state index contributed by atoms with van der Waals surface area (Å²) in [6.07, 6.45) is 1.52. The molecule has 0 aliphatic rings. The van der Waals surface area contributed by atoms with Crippen molar-refractivity contribution in [2.24, 2.45) is 0 Å². The van der Waals surface area contributed by atoms with Crippen LogP contribution in [0.15, 0.2) is 45.9 Å². The van der Waals surface area contributed by atoms with Crippen LogP contribution in [0.1, 0.15) is 11.1 Å². The molecular weight excluding hydrogens is 342 g/mol. The summed E-state index contributed by atoms with van der Waals surface area (Å²) in [7, 11) is -3.71. The number of anilines is 1. The van der Waals surface area contributed by atoms with Crippen molar-refractivity contribution >= 4 is 31.8 Å². The molecule has 2 rings (SSSR count). The molecule has 102 valence electrons. The van der Waals surface area contributed by atoms with E-state index in [2.05, 4.69) is 25.6 Å². The van der Waals surface area contributed by atoms with Gasteiger partial charge >= 0.3 is 0 Å². The fourth-order valence-corrected chi connectivity index (χ4v) is 3.07. The van der Waals surface area contributed by atoms with Crippen molar-refractivity contribution in [3.8, 4) is 6.07 Å². The fourth-order valence-electron chi connectivity index (χ4n) is 1.54. The van der Waals surface area contributed by atoms with E-state index in [9.17, 15) is 8.42 Å². The lowest BCUT2D eigenvalue weighted by Crippen LogP contribution is -2.14. The minimum Gasteiger partial charge on any atom is -0.263 e. The van der Waals surface area contributed by atoms with Crippen LogP contribution >= 0.6 is 15.9 Å². The van der Waals surface area contributed by atoms with Gasteiger partial charge in [-0.3, -0.25) is 4.72 Å². The van der Waals surface area contributed by atoms with E-state index in [-0.39, 0.29) is 10.7 Å². The number of nitrogens with one attached hydrogen (secondary N) is 1. The molecule has 1 aromatic heterocycles. The first-order valence-electron chi connectivity index (χ1n) is 5.57. The van der Waals surface area contributed by atoms with E-state index < -0.39 is 10.0 Å². The van der Waals surface area contributed by atoms with Gasteiger partial charge in [0.25, 0.3) is 10.0 Å². The van der Waals surface area contributed by atoms with Crippen molar-refractivity contribution in [3.05, 3.63) is 52.1 Å². The predicted octanol–water partition coefficient (Wildman–Crippen LogP) is 2.83. The Hall–Kier alpha value is -1.91. The molecule has 0 saturated carbocycles. The third-order valence-corrected chi connectivity index (χ3v) is 4.36. The van der Waals surface area contributed by atoms with Gasteiger partial charge in [-0.25, -0.2) is 13.4 Å². The zero-order chi connectivity index (χ0) is 14.8. The largest absolute Gasteiger partial charge is 0.263 e. The Morgan fingerprint density at radius 1 is 1.30 bits per heavy atom. The average Bonchev–Trinajstić information content (AvgIpc) is 2.42. The molecule has 0 amide bonds. The molecule has 1 heterocycles. The van der Waals surface area contributed by atoms with Gasteiger partial charge in [-0.15, -0.1) is 0 Å². The number of hydrogen-bond donors (Lipinski definition) is 1. The number of halogens is 1. The first-order valence-corrected chi connectivity index (χ1v) is 7.85. The number of sulfonamides is 1. The van der Waals surface area contributed by atoms with Crippen LogP contribution in [-0.4, -0.2) is 13.4 Å². The molecule has 0 radical (unpaired) electrons. The second kappa shape index (κ2) is 5.61. The molecule has 0 aliphatic heterocycles. The molecular formula is C13H10BrN3O2S. The topological polar surface area (TPSA) is 82.8 Å². The van der Waals surface area contributed by atoms with Crippen molar-refractivity contribution in [1.29, 1.82) is 5.26 Å². The maximum absolute atomic E-state index is 12.2. The Bertz CT molecular complexity index is 780. The number of aryl methyl sites for hydroxylation is 1. The van der Waals surface area contributed by atoms with Crippen molar-refractivity contribution in [2.45, 2.75) is 11.8 Å². The van der Waals surface area contributed by atoms with Gasteiger partial charge in [-0.05, 0) is 58.7 Å². The summed E-state index contributed by atoms with van der Waals surface area (Å²) in [6, 6.07) is 9.38. The number of hydrogen-bond acceptors (Lipinski definition) is 4. The molecule has 0 aliphatic carbocycles. The van der Waals surface area contributed by atoms with E-state index in [0.29, 0.717) is 11.1 Å². The van der Waals surface area contributed by atoms with Gasteiger partial charge in [0.05, 0.1) is 16.5 Å². The summed E-state index contributed by atoms with van der Waals surface area (Å²) in [4.78, 5) is 4.12. The first-order chi connectivity index (χ1) is 9.42. The Morgan fingerprint density at radius 2 is 1.95 bits per heavy atom. The summed E-state index contributed by atoms with van der Waals surface area (Å²) in [5.74, 6) is 0.276. The Kier molecular flexibility index (Phi) is 4.06. The van der Waals surface area contributed by atoms with Gasteiger partial charge in [-0.1, -0.05) is 0 Å². The SMILES string of the molecule is Cc1cc(Br)cnc1NS(=O)(=O)c1ccc(C#N)cc1. The fraction of sp³-hybridized carbons (Fsp3) is 0.0769. The molecule has 0 unspecified atom stereocenters. The highest BCUT2D eigenvalue weighted by Crippen LogP contribution is 2.20. The van der Waals surface area contributed by atoms with E-state index >= 15 is 0 Å². The molecule has 1 aromatic carbocycles. The van der Waals surface area contributed by atoms with E-state index in [1.54, 1.807) is 13.0 Å². The van der Waals surface area contributed by atoms with Crippen molar-refractivity contribution in [2.75, 3.05) is 4.72 Å². The number of pyridine rings is 1. The highest BCUT2D eigenvalue weighted by atomic mass is 79.9. The van der Waals surface area contributed by atoms with Gasteiger partial charge in [0, 0.05) is 10.7 Å². The molecule has 0 atom stereocenters. The highest BCUT2D eigenvalue weighted by Gasteiger charge is 2.16. The summed E-state index contributed by atoms with van der Waals surface area (Å²) < 4.78 is 27.6. The summed E-state index contributed by atoms with van der Waals surface area (Å²) >= 11 is 3.27. The molecule has 2 aromatic rings. The van der Waals surface area contributed by atoms with Crippen LogP contribution in [0.2, 0.25) is 0 Å². The first kappa shape index (κ1) is 14.5. The molecule has 0 spiro atoms. The van der Waals surface area contributed by atoms with Gasteiger partial charge in [0.2, 0.25) is 0 Å². The molecule has 1 N–H and O–H groups in total. The summed E-state index contributed by atoms with van der Waals surface area (Å²) in [5, 5.41) is 8.70. The van der Waals surface area contributed by atoms with Crippen molar-refractivity contribution in [3.63, 3.8) is 0 Å². The summed E-state index contributed by atoms with van der Waals surface area (Å²) in [6.45, 7) is 1.76. The number of nitrogens with zero attached hydrogens (tertiary/aromatic N) is 2. The number of nitriles is 1. The second-order valence-corrected chi connectivity index (χ2v) is 6.66. The van der Waals surface area contributed by atoms with Crippen LogP contribution in [0.4, 0.5) is 5.82 Å². The Morgan fingerprint density at radius 3 is 2.50 bits per heavy atom. The third kappa shape index (κ3) is 3.15. The maximum atomic E-state index is 12.2. The second-order valence-electron chi connectivity index (χ2n) is 4.06. The molecule has 0 bridgehead atoms. The Labute approximate surface area is 125 Å². The maximum Gasteiger partial charge on any atom is 0.263 e. The molecule has 20 heavy (non-hydrogen) atoms. The number of aromatic nitrogens is 1. The predicted molar refractivity (Wildman–Crippen MR) is 78.6 cm³/mol. The van der Waals surface area contributed by atoms with Crippen LogP contribution in [0.3, 0.4) is 0 Å². The van der Waals surface area contributed by atoms with E-state index in [4.69, 9.17) is 5.26 Å². The minimum absolute atomic E-state index is 0.0839. The van der Waals surface area contributed by atoms with Gasteiger partial charge < -0.3 is 0 Å². The zero-order valence-electron chi connectivity index (χ0n) is 10.5. The van der Waals surface area contributed by atoms with Crippen molar-refractivity contribution < 1.29 is 8.42 Å². The number of benzene rings is 1. The van der Waals surface area contributed by atoms with Crippen LogP contribution in [-0.2, 0) is 10.0 Å². The van der Waals surface area contributed by atoms with E-state index in [0.717, 1.165) is 4.47 Å². The van der Waals surface area contributed by atoms with E-state index in [1.165, 1.54) is 30.5 Å². The Balaban J connectivity index is 2.33. The van der Waals surface area contributed by atoms with Crippen molar-refractivity contribution in [1.82, 2.24) is 4.98 Å². The standard InChI is InChI=1S/C13H10BrN3O2S/c1-9-6-11(14)8-16-13(9)17-20(18,19)12-4-2-10(7-15)3-5-12/h2-6,8H,1H3,(H,16,17). The molecule has 0 saturated heterocycles. The zero-order valence-corrected chi connectivity index (χ0v) is 12.9. The summed E-state index contributed by atoms with van der Waals surface area (Å²) in [5.41, 5.74) is 1.11. The van der Waals surface area contributed by atoms with Gasteiger partial charge in [0.15, 0.2) is 0 Å². The van der Waals surface area contributed by atoms with Crippen LogP contribution < -0.4 is 4.72 Å². The van der Waals surface area contributed by atoms with Crippen LogP contribution in [0.25, 0.3) is 0 Å². The smallest absolute Gasteiger partial charge is 0.263 e. The molecule has 7 heteroatoms. The van der Waals surface area contributed by atoms with Gasteiger partial charge in [-0.2, -0.15) is 5.26 Å². The monoisotopic (exact) mass is 351 g/mol. The lowest BCUT2D eigenvalue weighted by atomic mass is 10.2. The van der Waals surface area contributed by atoms with E-state index in [1.807, 2.05) is 6.07 Å². The highest BCUT2D eigenvalue weighted by molar-refractivity contribution is 9.10. The number of rotatable bonds is 3. The van der Waals surface area contributed by atoms with Crippen LogP contribution in [0, 0.1) is 18.3 Å². The normalized spacial score (nSPS) is 10.8. The lowest BCUT2D eigenvalue weighted by molar-refractivity contribution is 0.601. The quantitative estimate of drug-likeness (QED) is 0.921. The minimum atomic E-state index is -3.71. The van der Waals surface area contributed by atoms with Gasteiger partial charge in [0.1, 0.15) is 5.82 Å². The third-order valence-electron chi connectivity index (χ3n) is 2.57. The van der Waals surface area contributed by atoms with Crippen LogP contribution in [0.5, 0.6) is 0 Å².